The van der Waals surface area contributed by atoms with Crippen LogP contribution in [0.4, 0.5) is 5.69 Å². The van der Waals surface area contributed by atoms with Crippen molar-refractivity contribution in [3.8, 4) is 0 Å². The smallest absolute Gasteiger partial charge is 0.294 e. The molecule has 0 atom stereocenters. The molecule has 1 aromatic carbocycles. The lowest BCUT2D eigenvalue weighted by atomic mass is 10.1. The molecular formula is C20H24N2O3. The van der Waals surface area contributed by atoms with E-state index in [1.54, 1.807) is 6.07 Å². The van der Waals surface area contributed by atoms with Crippen molar-refractivity contribution in [3.63, 3.8) is 0 Å². The van der Waals surface area contributed by atoms with Crippen molar-refractivity contribution in [2.75, 3.05) is 24.5 Å². The fourth-order valence-corrected chi connectivity index (χ4v) is 3.23. The number of carbonyl (C=O) groups is 2. The standard InChI is InChI=1S/C20H24N2O3/c1-15-8-4-5-9-17(15)22(20(24)19-16(2)10-13-25-19)14-18(23)21-11-6-3-7-12-21/h4-5,8-10,13H,3,6-7,11-12,14H2,1-2H3. The highest BCUT2D eigenvalue weighted by Crippen LogP contribution is 2.23. The van der Waals surface area contributed by atoms with Gasteiger partial charge in [0.15, 0.2) is 5.76 Å². The number of aryl methyl sites for hydroxylation is 2. The number of hydrogen-bond donors (Lipinski definition) is 0. The van der Waals surface area contributed by atoms with Gasteiger partial charge in [0.2, 0.25) is 5.91 Å². The second kappa shape index (κ2) is 7.55. The van der Waals surface area contributed by atoms with Gasteiger partial charge >= 0.3 is 0 Å². The Morgan fingerprint density at radius 3 is 2.40 bits per heavy atom. The summed E-state index contributed by atoms with van der Waals surface area (Å²) in [6.45, 7) is 5.35. The lowest BCUT2D eigenvalue weighted by Crippen LogP contribution is -2.45. The van der Waals surface area contributed by atoms with Crippen LogP contribution in [0.2, 0.25) is 0 Å². The molecule has 1 saturated heterocycles. The van der Waals surface area contributed by atoms with Gasteiger partial charge in [0.05, 0.1) is 6.26 Å². The van der Waals surface area contributed by atoms with Crippen LogP contribution < -0.4 is 4.90 Å². The Balaban J connectivity index is 1.89. The van der Waals surface area contributed by atoms with Crippen molar-refractivity contribution < 1.29 is 14.0 Å². The van der Waals surface area contributed by atoms with E-state index < -0.39 is 0 Å². The molecule has 2 heterocycles. The number of piperidine rings is 1. The van der Waals surface area contributed by atoms with Gasteiger partial charge in [0.25, 0.3) is 5.91 Å². The Morgan fingerprint density at radius 1 is 1.04 bits per heavy atom. The summed E-state index contributed by atoms with van der Waals surface area (Å²) in [5.74, 6) is -0.00244. The Kier molecular flexibility index (Phi) is 5.22. The van der Waals surface area contributed by atoms with Crippen molar-refractivity contribution in [3.05, 3.63) is 53.5 Å². The van der Waals surface area contributed by atoms with Crippen LogP contribution in [0.1, 0.15) is 40.9 Å². The minimum absolute atomic E-state index is 0.0134. The maximum Gasteiger partial charge on any atom is 0.294 e. The number of anilines is 1. The molecule has 2 aromatic rings. The van der Waals surface area contributed by atoms with Gasteiger partial charge in [0.1, 0.15) is 6.54 Å². The molecule has 1 fully saturated rings. The van der Waals surface area contributed by atoms with Crippen molar-refractivity contribution in [1.82, 2.24) is 4.90 Å². The second-order valence-corrected chi connectivity index (χ2v) is 6.55. The minimum Gasteiger partial charge on any atom is -0.459 e. The number of furan rings is 1. The molecule has 0 aliphatic carbocycles. The van der Waals surface area contributed by atoms with E-state index in [9.17, 15) is 9.59 Å². The van der Waals surface area contributed by atoms with Crippen LogP contribution in [0.3, 0.4) is 0 Å². The Morgan fingerprint density at radius 2 is 1.76 bits per heavy atom. The van der Waals surface area contributed by atoms with Gasteiger partial charge in [-0.1, -0.05) is 18.2 Å². The Hall–Kier alpha value is -2.56. The predicted molar refractivity (Wildman–Crippen MR) is 96.7 cm³/mol. The van der Waals surface area contributed by atoms with Crippen LogP contribution in [-0.2, 0) is 4.79 Å². The summed E-state index contributed by atoms with van der Waals surface area (Å²) in [4.78, 5) is 29.2. The quantitative estimate of drug-likeness (QED) is 0.855. The topological polar surface area (TPSA) is 53.8 Å². The van der Waals surface area contributed by atoms with Crippen molar-refractivity contribution in [1.29, 1.82) is 0 Å². The van der Waals surface area contributed by atoms with Gasteiger partial charge in [-0.3, -0.25) is 14.5 Å². The van der Waals surface area contributed by atoms with Crippen LogP contribution in [0.25, 0.3) is 0 Å². The summed E-state index contributed by atoms with van der Waals surface area (Å²) in [5, 5.41) is 0. The summed E-state index contributed by atoms with van der Waals surface area (Å²) in [6, 6.07) is 9.37. The summed E-state index contributed by atoms with van der Waals surface area (Å²) >= 11 is 0. The molecule has 5 nitrogen and oxygen atoms in total. The Bertz CT molecular complexity index is 760. The summed E-state index contributed by atoms with van der Waals surface area (Å²) in [6.07, 6.45) is 4.73. The molecule has 0 radical (unpaired) electrons. The zero-order valence-corrected chi connectivity index (χ0v) is 14.8. The first-order valence-electron chi connectivity index (χ1n) is 8.77. The monoisotopic (exact) mass is 340 g/mol. The second-order valence-electron chi connectivity index (χ2n) is 6.55. The van der Waals surface area contributed by atoms with Gasteiger partial charge in [-0.2, -0.15) is 0 Å². The van der Waals surface area contributed by atoms with E-state index in [0.717, 1.165) is 49.2 Å². The molecule has 1 aromatic heterocycles. The maximum absolute atomic E-state index is 13.1. The van der Waals surface area contributed by atoms with E-state index in [-0.39, 0.29) is 24.1 Å². The van der Waals surface area contributed by atoms with Crippen molar-refractivity contribution >= 4 is 17.5 Å². The zero-order chi connectivity index (χ0) is 17.8. The van der Waals surface area contributed by atoms with E-state index >= 15 is 0 Å². The van der Waals surface area contributed by atoms with Crippen LogP contribution in [-0.4, -0.2) is 36.3 Å². The van der Waals surface area contributed by atoms with Gasteiger partial charge in [-0.15, -0.1) is 0 Å². The molecule has 1 aliphatic rings. The molecule has 2 amide bonds. The summed E-state index contributed by atoms with van der Waals surface area (Å²) in [7, 11) is 0. The van der Waals surface area contributed by atoms with Crippen LogP contribution in [0.5, 0.6) is 0 Å². The van der Waals surface area contributed by atoms with Gasteiger partial charge < -0.3 is 9.32 Å². The number of nitrogens with zero attached hydrogens (tertiary/aromatic N) is 2. The number of rotatable bonds is 4. The highest BCUT2D eigenvalue weighted by Gasteiger charge is 2.27. The molecule has 0 N–H and O–H groups in total. The highest BCUT2D eigenvalue weighted by molar-refractivity contribution is 6.08. The lowest BCUT2D eigenvalue weighted by Gasteiger charge is -2.30. The number of benzene rings is 1. The third-order valence-corrected chi connectivity index (χ3v) is 4.71. The minimum atomic E-state index is -0.276. The number of para-hydroxylation sites is 1. The van der Waals surface area contributed by atoms with E-state index in [2.05, 4.69) is 0 Å². The largest absolute Gasteiger partial charge is 0.459 e. The highest BCUT2D eigenvalue weighted by atomic mass is 16.3. The fourth-order valence-electron chi connectivity index (χ4n) is 3.23. The van der Waals surface area contributed by atoms with Gasteiger partial charge in [-0.25, -0.2) is 0 Å². The number of carbonyl (C=O) groups excluding carboxylic acids is 2. The SMILES string of the molecule is Cc1ccccc1N(CC(=O)N1CCCCC1)C(=O)c1occc1C. The molecule has 5 heteroatoms. The van der Waals surface area contributed by atoms with Crippen LogP contribution >= 0.6 is 0 Å². The fraction of sp³-hybridized carbons (Fsp3) is 0.400. The molecule has 0 spiro atoms. The summed E-state index contributed by atoms with van der Waals surface area (Å²) < 4.78 is 5.38. The Labute approximate surface area is 148 Å². The number of hydrogen-bond acceptors (Lipinski definition) is 3. The molecule has 0 bridgehead atoms. The normalized spacial score (nSPS) is 14.4. The summed E-state index contributed by atoms with van der Waals surface area (Å²) in [5.41, 5.74) is 2.47. The lowest BCUT2D eigenvalue weighted by molar-refractivity contribution is -0.130. The third kappa shape index (κ3) is 3.76. The number of likely N-dealkylation sites (tertiary alicyclic amines) is 1. The molecule has 25 heavy (non-hydrogen) atoms. The van der Waals surface area contributed by atoms with Crippen LogP contribution in [0, 0.1) is 13.8 Å². The van der Waals surface area contributed by atoms with E-state index in [4.69, 9.17) is 4.42 Å². The molecule has 132 valence electrons. The molecular weight excluding hydrogens is 316 g/mol. The first-order valence-corrected chi connectivity index (χ1v) is 8.77. The zero-order valence-electron chi connectivity index (χ0n) is 14.8. The first-order chi connectivity index (χ1) is 12.1. The van der Waals surface area contributed by atoms with Gasteiger partial charge in [-0.05, 0) is 50.8 Å². The van der Waals surface area contributed by atoms with Gasteiger partial charge in [0, 0.05) is 24.3 Å². The first kappa shape index (κ1) is 17.3. The van der Waals surface area contributed by atoms with Crippen molar-refractivity contribution in [2.45, 2.75) is 33.1 Å². The molecule has 1 aliphatic heterocycles. The average molecular weight is 340 g/mol. The molecule has 0 unspecified atom stereocenters. The van der Waals surface area contributed by atoms with Crippen molar-refractivity contribution in [2.24, 2.45) is 0 Å². The van der Waals surface area contributed by atoms with E-state index in [1.165, 1.54) is 11.2 Å². The molecule has 0 saturated carbocycles. The maximum atomic E-state index is 13.1. The number of amides is 2. The third-order valence-electron chi connectivity index (χ3n) is 4.71. The predicted octanol–water partition coefficient (Wildman–Crippen LogP) is 3.56. The van der Waals surface area contributed by atoms with E-state index in [0.29, 0.717) is 0 Å². The average Bonchev–Trinajstić information content (AvgIpc) is 3.06. The van der Waals surface area contributed by atoms with E-state index in [1.807, 2.05) is 43.0 Å². The van der Waals surface area contributed by atoms with Crippen LogP contribution in [0.15, 0.2) is 41.0 Å². The molecule has 3 rings (SSSR count).